The molecule has 1 spiro atoms. The van der Waals surface area contributed by atoms with Crippen molar-refractivity contribution in [3.05, 3.63) is 59.7 Å². The van der Waals surface area contributed by atoms with Gasteiger partial charge in [0.05, 0.1) is 0 Å². The topological polar surface area (TPSA) is 38.3 Å². The summed E-state index contributed by atoms with van der Waals surface area (Å²) in [7, 11) is 0. The summed E-state index contributed by atoms with van der Waals surface area (Å²) < 4.78 is 5.70. The Labute approximate surface area is 132 Å². The standard InChI is InChI=1S/C15H11NO2.2C2H6/c17-14-15(10-5-1-3-7-12(10)16-14)9-18-13-8-4-2-6-11(13)15;2*1-2/h1-8H,9H2,(H,16,17);2*1-2H3/t15-;;/m0../s1. The van der Waals surface area contributed by atoms with Crippen LogP contribution in [0.5, 0.6) is 5.75 Å². The lowest BCUT2D eigenvalue weighted by Gasteiger charge is -2.19. The smallest absolute Gasteiger partial charge is 0.243 e. The monoisotopic (exact) mass is 297 g/mol. The summed E-state index contributed by atoms with van der Waals surface area (Å²) in [4.78, 5) is 12.4. The molecule has 2 aliphatic rings. The highest BCUT2D eigenvalue weighted by atomic mass is 16.5. The van der Waals surface area contributed by atoms with Gasteiger partial charge in [-0.3, -0.25) is 4.79 Å². The van der Waals surface area contributed by atoms with Gasteiger partial charge in [0.15, 0.2) is 0 Å². The summed E-state index contributed by atoms with van der Waals surface area (Å²) in [6, 6.07) is 15.6. The molecular weight excluding hydrogens is 274 g/mol. The Balaban J connectivity index is 0.000000410. The predicted molar refractivity (Wildman–Crippen MR) is 90.5 cm³/mol. The second kappa shape index (κ2) is 6.65. The van der Waals surface area contributed by atoms with E-state index in [4.69, 9.17) is 4.74 Å². The van der Waals surface area contributed by atoms with E-state index in [0.29, 0.717) is 6.61 Å². The number of ether oxygens (including phenoxy) is 1. The van der Waals surface area contributed by atoms with Crippen molar-refractivity contribution in [2.75, 3.05) is 11.9 Å². The second-order valence-electron chi connectivity index (χ2n) is 4.69. The minimum absolute atomic E-state index is 0.00801. The molecule has 116 valence electrons. The van der Waals surface area contributed by atoms with Crippen LogP contribution in [0.15, 0.2) is 48.5 Å². The lowest BCUT2D eigenvalue weighted by atomic mass is 9.77. The maximum Gasteiger partial charge on any atom is 0.243 e. The number of hydrogen-bond donors (Lipinski definition) is 1. The van der Waals surface area contributed by atoms with E-state index in [0.717, 1.165) is 22.6 Å². The molecule has 0 saturated carbocycles. The number of amides is 1. The molecule has 3 heteroatoms. The van der Waals surface area contributed by atoms with Crippen molar-refractivity contribution in [2.45, 2.75) is 33.1 Å². The Bertz CT molecular complexity index is 653. The van der Waals surface area contributed by atoms with Crippen LogP contribution in [0.4, 0.5) is 5.69 Å². The second-order valence-corrected chi connectivity index (χ2v) is 4.69. The summed E-state index contributed by atoms with van der Waals surface area (Å²) in [6.07, 6.45) is 0. The van der Waals surface area contributed by atoms with Crippen LogP contribution in [0.3, 0.4) is 0 Å². The maximum absolute atomic E-state index is 12.4. The van der Waals surface area contributed by atoms with E-state index in [1.165, 1.54) is 0 Å². The largest absolute Gasteiger partial charge is 0.491 e. The zero-order chi connectivity index (χ0) is 16.2. The van der Waals surface area contributed by atoms with Crippen molar-refractivity contribution in [2.24, 2.45) is 0 Å². The lowest BCUT2D eigenvalue weighted by molar-refractivity contribution is -0.119. The van der Waals surface area contributed by atoms with Gasteiger partial charge in [0.25, 0.3) is 0 Å². The Morgan fingerprint density at radius 1 is 0.909 bits per heavy atom. The number of nitrogens with one attached hydrogen (secondary N) is 1. The quantitative estimate of drug-likeness (QED) is 0.784. The van der Waals surface area contributed by atoms with Crippen molar-refractivity contribution in [3.63, 3.8) is 0 Å². The van der Waals surface area contributed by atoms with Crippen LogP contribution in [-0.2, 0) is 10.2 Å². The maximum atomic E-state index is 12.4. The Morgan fingerprint density at radius 3 is 2.23 bits per heavy atom. The third-order valence-corrected chi connectivity index (χ3v) is 3.81. The zero-order valence-corrected chi connectivity index (χ0v) is 13.6. The summed E-state index contributed by atoms with van der Waals surface area (Å²) in [5.41, 5.74) is 2.21. The van der Waals surface area contributed by atoms with E-state index in [2.05, 4.69) is 5.32 Å². The molecule has 1 N–H and O–H groups in total. The van der Waals surface area contributed by atoms with Gasteiger partial charge < -0.3 is 10.1 Å². The van der Waals surface area contributed by atoms with E-state index in [1.54, 1.807) is 0 Å². The molecule has 2 aromatic carbocycles. The predicted octanol–water partition coefficient (Wildman–Crippen LogP) is 4.37. The summed E-state index contributed by atoms with van der Waals surface area (Å²) in [5, 5.41) is 2.95. The highest BCUT2D eigenvalue weighted by Gasteiger charge is 2.53. The average Bonchev–Trinajstić information content (AvgIpc) is 3.12. The van der Waals surface area contributed by atoms with Crippen molar-refractivity contribution < 1.29 is 9.53 Å². The Kier molecular flexibility index (Phi) is 4.86. The van der Waals surface area contributed by atoms with Gasteiger partial charge in [-0.1, -0.05) is 64.1 Å². The molecule has 0 aliphatic carbocycles. The van der Waals surface area contributed by atoms with Gasteiger partial charge in [0.2, 0.25) is 5.91 Å². The van der Waals surface area contributed by atoms with E-state index in [-0.39, 0.29) is 5.91 Å². The normalized spacial score (nSPS) is 19.7. The van der Waals surface area contributed by atoms with Crippen LogP contribution in [0.1, 0.15) is 38.8 Å². The van der Waals surface area contributed by atoms with Crippen LogP contribution >= 0.6 is 0 Å². The summed E-state index contributed by atoms with van der Waals surface area (Å²) >= 11 is 0. The van der Waals surface area contributed by atoms with E-state index >= 15 is 0 Å². The van der Waals surface area contributed by atoms with Crippen LogP contribution < -0.4 is 10.1 Å². The van der Waals surface area contributed by atoms with Crippen LogP contribution in [-0.4, -0.2) is 12.5 Å². The molecule has 1 atom stereocenters. The van der Waals surface area contributed by atoms with E-state index in [9.17, 15) is 4.79 Å². The molecule has 0 bridgehead atoms. The van der Waals surface area contributed by atoms with Gasteiger partial charge in [-0.05, 0) is 17.7 Å². The molecule has 3 nitrogen and oxygen atoms in total. The molecule has 2 aromatic rings. The first kappa shape index (κ1) is 16.1. The molecule has 2 heterocycles. The molecule has 4 rings (SSSR count). The molecule has 0 saturated heterocycles. The first-order valence-corrected chi connectivity index (χ1v) is 7.96. The van der Waals surface area contributed by atoms with Gasteiger partial charge in [0, 0.05) is 11.3 Å². The summed E-state index contributed by atoms with van der Waals surface area (Å²) in [6.45, 7) is 8.38. The van der Waals surface area contributed by atoms with Crippen LogP contribution in [0.25, 0.3) is 0 Å². The zero-order valence-electron chi connectivity index (χ0n) is 13.6. The SMILES string of the molecule is CC.CC.O=C1Nc2ccccc2[C@]12COc1ccccc12. The van der Waals surface area contributed by atoms with Crippen molar-refractivity contribution in [1.82, 2.24) is 0 Å². The van der Waals surface area contributed by atoms with E-state index < -0.39 is 5.41 Å². The van der Waals surface area contributed by atoms with Crippen LogP contribution in [0.2, 0.25) is 0 Å². The van der Waals surface area contributed by atoms with Gasteiger partial charge >= 0.3 is 0 Å². The van der Waals surface area contributed by atoms with E-state index in [1.807, 2.05) is 76.2 Å². The minimum atomic E-state index is -0.660. The third-order valence-electron chi connectivity index (χ3n) is 3.81. The molecule has 0 aromatic heterocycles. The number of rotatable bonds is 0. The van der Waals surface area contributed by atoms with Crippen LogP contribution in [0, 0.1) is 0 Å². The molecule has 2 aliphatic heterocycles. The van der Waals surface area contributed by atoms with Gasteiger partial charge in [-0.25, -0.2) is 0 Å². The summed E-state index contributed by atoms with van der Waals surface area (Å²) in [5.74, 6) is 0.818. The number of para-hydroxylation sites is 2. The number of fused-ring (bicyclic) bond motifs is 4. The fraction of sp³-hybridized carbons (Fsp3) is 0.316. The van der Waals surface area contributed by atoms with Crippen molar-refractivity contribution in [1.29, 1.82) is 0 Å². The van der Waals surface area contributed by atoms with Crippen molar-refractivity contribution >= 4 is 11.6 Å². The lowest BCUT2D eigenvalue weighted by Crippen LogP contribution is -2.37. The number of anilines is 1. The number of benzene rings is 2. The third kappa shape index (κ3) is 2.17. The Morgan fingerprint density at radius 2 is 1.50 bits per heavy atom. The van der Waals surface area contributed by atoms with Gasteiger partial charge in [-0.15, -0.1) is 0 Å². The number of hydrogen-bond acceptors (Lipinski definition) is 2. The Hall–Kier alpha value is -2.29. The fourth-order valence-electron chi connectivity index (χ4n) is 2.94. The van der Waals surface area contributed by atoms with Crippen molar-refractivity contribution in [3.8, 4) is 5.75 Å². The molecule has 0 unspecified atom stereocenters. The number of carbonyl (C=O) groups is 1. The number of carbonyl (C=O) groups excluding carboxylic acids is 1. The molecule has 0 radical (unpaired) electrons. The molecule has 22 heavy (non-hydrogen) atoms. The average molecular weight is 297 g/mol. The highest BCUT2D eigenvalue weighted by molar-refractivity contribution is 6.09. The first-order chi connectivity index (χ1) is 10.8. The molecule has 0 fully saturated rings. The fourth-order valence-corrected chi connectivity index (χ4v) is 2.94. The molecular formula is C19H23NO2. The molecule has 1 amide bonds. The van der Waals surface area contributed by atoms with Gasteiger partial charge in [-0.2, -0.15) is 0 Å². The highest BCUT2D eigenvalue weighted by Crippen LogP contribution is 2.49. The first-order valence-electron chi connectivity index (χ1n) is 7.96. The van der Waals surface area contributed by atoms with Gasteiger partial charge in [0.1, 0.15) is 17.8 Å². The minimum Gasteiger partial charge on any atom is -0.491 e.